The Morgan fingerprint density at radius 3 is 2.59 bits per heavy atom. The van der Waals surface area contributed by atoms with Crippen LogP contribution in [0, 0.1) is 0 Å². The quantitative estimate of drug-likeness (QED) is 0.560. The highest BCUT2D eigenvalue weighted by Gasteiger charge is 2.06. The third-order valence-corrected chi connectivity index (χ3v) is 4.27. The lowest BCUT2D eigenvalue weighted by Crippen LogP contribution is -2.13. The van der Waals surface area contributed by atoms with Gasteiger partial charge in [0.25, 0.3) is 0 Å². The van der Waals surface area contributed by atoms with Gasteiger partial charge in [0, 0.05) is 15.7 Å². The van der Waals surface area contributed by atoms with Gasteiger partial charge in [-0.3, -0.25) is 0 Å². The molecule has 2 rings (SSSR count). The van der Waals surface area contributed by atoms with Crippen molar-refractivity contribution in [2.45, 2.75) is 11.3 Å². The summed E-state index contributed by atoms with van der Waals surface area (Å²) in [5.41, 5.74) is 1.08. The largest absolute Gasteiger partial charge is 0.482 e. The molecule has 0 saturated heterocycles. The fourth-order valence-electron chi connectivity index (χ4n) is 1.86. The van der Waals surface area contributed by atoms with Crippen molar-refractivity contribution in [2.75, 3.05) is 19.5 Å². The molecule has 0 unspecified atom stereocenters. The molecular formula is C17H17ClO3S. The van der Waals surface area contributed by atoms with E-state index < -0.39 is 0 Å². The molecule has 0 radical (unpaired) electrons. The summed E-state index contributed by atoms with van der Waals surface area (Å²) in [5.74, 6) is 1.26. The summed E-state index contributed by atoms with van der Waals surface area (Å²) in [6.45, 7) is -0.0716. The molecule has 0 aliphatic heterocycles. The van der Waals surface area contributed by atoms with E-state index in [1.165, 1.54) is 12.0 Å². The number of esters is 1. The molecule has 0 atom stereocenters. The molecule has 0 amide bonds. The zero-order valence-corrected chi connectivity index (χ0v) is 13.8. The number of carbonyl (C=O) groups excluding carboxylic acids is 1. The first-order chi connectivity index (χ1) is 10.7. The van der Waals surface area contributed by atoms with Crippen LogP contribution in [0.15, 0.2) is 53.4 Å². The minimum Gasteiger partial charge on any atom is -0.482 e. The SMILES string of the molecule is COC(=O)COc1ccccc1CCSc1ccc(Cl)cc1. The topological polar surface area (TPSA) is 35.5 Å². The zero-order valence-electron chi connectivity index (χ0n) is 12.3. The Hall–Kier alpha value is -1.65. The minimum absolute atomic E-state index is 0.0716. The number of thioether (sulfide) groups is 1. The molecule has 0 N–H and O–H groups in total. The lowest BCUT2D eigenvalue weighted by Gasteiger charge is -2.10. The van der Waals surface area contributed by atoms with Crippen LogP contribution in [-0.4, -0.2) is 25.4 Å². The van der Waals surface area contributed by atoms with Gasteiger partial charge in [-0.05, 0) is 42.3 Å². The zero-order chi connectivity index (χ0) is 15.8. The molecule has 0 bridgehead atoms. The van der Waals surface area contributed by atoms with Crippen molar-refractivity contribution in [1.29, 1.82) is 0 Å². The molecule has 0 heterocycles. The van der Waals surface area contributed by atoms with Crippen molar-refractivity contribution in [3.05, 3.63) is 59.1 Å². The van der Waals surface area contributed by atoms with Crippen molar-refractivity contribution >= 4 is 29.3 Å². The van der Waals surface area contributed by atoms with Gasteiger partial charge >= 0.3 is 5.97 Å². The molecule has 0 spiro atoms. The second kappa shape index (κ2) is 8.71. The van der Waals surface area contributed by atoms with Gasteiger partial charge in [-0.1, -0.05) is 29.8 Å². The van der Waals surface area contributed by atoms with Crippen LogP contribution in [0.4, 0.5) is 0 Å². The van der Waals surface area contributed by atoms with E-state index in [9.17, 15) is 4.79 Å². The number of hydrogen-bond acceptors (Lipinski definition) is 4. The summed E-state index contributed by atoms with van der Waals surface area (Å²) >= 11 is 7.63. The van der Waals surface area contributed by atoms with Gasteiger partial charge in [0.15, 0.2) is 6.61 Å². The summed E-state index contributed by atoms with van der Waals surface area (Å²) in [4.78, 5) is 12.3. The standard InChI is InChI=1S/C17H17ClO3S/c1-20-17(19)12-21-16-5-3-2-4-13(16)10-11-22-15-8-6-14(18)7-9-15/h2-9H,10-12H2,1H3. The number of para-hydroxylation sites is 1. The Kier molecular flexibility index (Phi) is 6.62. The summed E-state index contributed by atoms with van der Waals surface area (Å²) in [6.07, 6.45) is 0.852. The third kappa shape index (κ3) is 5.28. The number of hydrogen-bond donors (Lipinski definition) is 0. The van der Waals surface area contributed by atoms with Gasteiger partial charge < -0.3 is 9.47 Å². The lowest BCUT2D eigenvalue weighted by atomic mass is 10.1. The van der Waals surface area contributed by atoms with Gasteiger partial charge in [0.1, 0.15) is 5.75 Å². The van der Waals surface area contributed by atoms with Crippen LogP contribution in [0.25, 0.3) is 0 Å². The highest BCUT2D eigenvalue weighted by atomic mass is 35.5. The van der Waals surface area contributed by atoms with Crippen LogP contribution < -0.4 is 4.74 Å². The van der Waals surface area contributed by atoms with Crippen LogP contribution in [0.3, 0.4) is 0 Å². The summed E-state index contributed by atoms with van der Waals surface area (Å²) < 4.78 is 10.1. The van der Waals surface area contributed by atoms with Crippen LogP contribution in [-0.2, 0) is 16.0 Å². The van der Waals surface area contributed by atoms with E-state index in [1.54, 1.807) is 11.8 Å². The van der Waals surface area contributed by atoms with Crippen LogP contribution in [0.1, 0.15) is 5.56 Å². The van der Waals surface area contributed by atoms with E-state index in [-0.39, 0.29) is 12.6 Å². The first-order valence-electron chi connectivity index (χ1n) is 6.85. The first-order valence-corrected chi connectivity index (χ1v) is 8.21. The predicted octanol–water partition coefficient (Wildman–Crippen LogP) is 4.23. The second-order valence-corrected chi connectivity index (χ2v) is 6.13. The molecule has 0 aliphatic rings. The van der Waals surface area contributed by atoms with Gasteiger partial charge in [-0.25, -0.2) is 4.79 Å². The number of carbonyl (C=O) groups is 1. The number of halogens is 1. The van der Waals surface area contributed by atoms with E-state index in [0.717, 1.165) is 28.5 Å². The fraction of sp³-hybridized carbons (Fsp3) is 0.235. The van der Waals surface area contributed by atoms with E-state index in [1.807, 2.05) is 48.5 Å². The summed E-state index contributed by atoms with van der Waals surface area (Å²) in [5, 5.41) is 0.742. The summed E-state index contributed by atoms with van der Waals surface area (Å²) in [6, 6.07) is 15.5. The smallest absolute Gasteiger partial charge is 0.343 e. The van der Waals surface area contributed by atoms with Crippen molar-refractivity contribution < 1.29 is 14.3 Å². The molecule has 22 heavy (non-hydrogen) atoms. The van der Waals surface area contributed by atoms with Crippen LogP contribution in [0.2, 0.25) is 5.02 Å². The normalized spacial score (nSPS) is 10.3. The number of rotatable bonds is 7. The van der Waals surface area contributed by atoms with E-state index >= 15 is 0 Å². The van der Waals surface area contributed by atoms with Crippen LogP contribution >= 0.6 is 23.4 Å². The predicted molar refractivity (Wildman–Crippen MR) is 89.8 cm³/mol. The highest BCUT2D eigenvalue weighted by Crippen LogP contribution is 2.24. The molecule has 116 valence electrons. The lowest BCUT2D eigenvalue weighted by molar-refractivity contribution is -0.142. The fourth-order valence-corrected chi connectivity index (χ4v) is 2.87. The molecule has 3 nitrogen and oxygen atoms in total. The van der Waals surface area contributed by atoms with Gasteiger partial charge in [0.05, 0.1) is 7.11 Å². The highest BCUT2D eigenvalue weighted by molar-refractivity contribution is 7.99. The second-order valence-electron chi connectivity index (χ2n) is 4.52. The molecule has 0 aliphatic carbocycles. The van der Waals surface area contributed by atoms with Gasteiger partial charge in [0.2, 0.25) is 0 Å². The minimum atomic E-state index is -0.384. The Morgan fingerprint density at radius 1 is 1.14 bits per heavy atom. The maximum atomic E-state index is 11.2. The molecule has 0 aromatic heterocycles. The van der Waals surface area contributed by atoms with E-state index in [2.05, 4.69) is 4.74 Å². The van der Waals surface area contributed by atoms with E-state index in [4.69, 9.17) is 16.3 Å². The first kappa shape index (κ1) is 16.7. The molecule has 5 heteroatoms. The molecular weight excluding hydrogens is 320 g/mol. The Morgan fingerprint density at radius 2 is 1.86 bits per heavy atom. The maximum absolute atomic E-state index is 11.2. The number of benzene rings is 2. The molecule has 2 aromatic carbocycles. The Bertz CT molecular complexity index is 614. The number of aryl methyl sites for hydroxylation is 1. The Labute approximate surface area is 139 Å². The van der Waals surface area contributed by atoms with Crippen molar-refractivity contribution in [1.82, 2.24) is 0 Å². The number of ether oxygens (including phenoxy) is 2. The van der Waals surface area contributed by atoms with Crippen molar-refractivity contribution in [2.24, 2.45) is 0 Å². The maximum Gasteiger partial charge on any atom is 0.343 e. The third-order valence-electron chi connectivity index (χ3n) is 3.00. The van der Waals surface area contributed by atoms with Crippen LogP contribution in [0.5, 0.6) is 5.75 Å². The molecule has 0 fully saturated rings. The van der Waals surface area contributed by atoms with Crippen molar-refractivity contribution in [3.8, 4) is 5.75 Å². The molecule has 2 aromatic rings. The average Bonchev–Trinajstić information content (AvgIpc) is 2.55. The van der Waals surface area contributed by atoms with E-state index in [0.29, 0.717) is 0 Å². The summed E-state index contributed by atoms with van der Waals surface area (Å²) in [7, 11) is 1.35. The van der Waals surface area contributed by atoms with Crippen molar-refractivity contribution in [3.63, 3.8) is 0 Å². The monoisotopic (exact) mass is 336 g/mol. The average molecular weight is 337 g/mol. The van der Waals surface area contributed by atoms with Gasteiger partial charge in [-0.15, -0.1) is 11.8 Å². The Balaban J connectivity index is 1.89. The van der Waals surface area contributed by atoms with Gasteiger partial charge in [-0.2, -0.15) is 0 Å². The molecule has 0 saturated carbocycles. The number of methoxy groups -OCH3 is 1.